The Morgan fingerprint density at radius 3 is 1.89 bits per heavy atom. The first-order chi connectivity index (χ1) is 9.26. The van der Waals surface area contributed by atoms with Crippen molar-refractivity contribution in [2.75, 3.05) is 19.8 Å². The third kappa shape index (κ3) is 6.01. The molecule has 19 heavy (non-hydrogen) atoms. The Morgan fingerprint density at radius 2 is 1.42 bits per heavy atom. The summed E-state index contributed by atoms with van der Waals surface area (Å²) in [6.07, 6.45) is 0. The zero-order chi connectivity index (χ0) is 14.0. The first kappa shape index (κ1) is 16.6. The van der Waals surface area contributed by atoms with Gasteiger partial charge in [-0.05, 0) is 0 Å². The van der Waals surface area contributed by atoms with E-state index in [1.54, 1.807) is 26.0 Å². The molecule has 6 nitrogen and oxygen atoms in total. The molecule has 1 rings (SSSR count). The van der Waals surface area contributed by atoms with E-state index in [2.05, 4.69) is 0 Å². The fraction of sp³-hybridized carbons (Fsp3) is 0.500. The third-order valence-corrected chi connectivity index (χ3v) is 4.63. The summed E-state index contributed by atoms with van der Waals surface area (Å²) in [5.74, 6) is 0.579. The van der Waals surface area contributed by atoms with Gasteiger partial charge in [-0.1, -0.05) is 0 Å². The molecule has 0 unspecified atom stereocenters. The Labute approximate surface area is 118 Å². The molecular formula is C12H20O6Ti. The average molecular weight is 308 g/mol. The third-order valence-electron chi connectivity index (χ3n) is 1.86. The van der Waals surface area contributed by atoms with E-state index in [1.165, 1.54) is 0 Å². The van der Waals surface area contributed by atoms with Crippen molar-refractivity contribution in [3.63, 3.8) is 0 Å². The van der Waals surface area contributed by atoms with Crippen molar-refractivity contribution in [3.8, 4) is 5.75 Å². The minimum absolute atomic E-state index is 0.355. The number of rotatable bonds is 10. The summed E-state index contributed by atoms with van der Waals surface area (Å²) in [6.45, 7) is 6.48. The van der Waals surface area contributed by atoms with Gasteiger partial charge in [0, 0.05) is 0 Å². The van der Waals surface area contributed by atoms with Gasteiger partial charge in [-0.25, -0.2) is 0 Å². The van der Waals surface area contributed by atoms with Gasteiger partial charge in [0.05, 0.1) is 0 Å². The van der Waals surface area contributed by atoms with Crippen molar-refractivity contribution >= 4 is 0 Å². The Morgan fingerprint density at radius 1 is 0.842 bits per heavy atom. The van der Waals surface area contributed by atoms with Crippen LogP contribution in [0.15, 0.2) is 30.3 Å². The fourth-order valence-corrected chi connectivity index (χ4v) is 3.62. The van der Waals surface area contributed by atoms with E-state index >= 15 is 0 Å². The monoisotopic (exact) mass is 308 g/mol. The molecule has 0 N–H and O–H groups in total. The number of para-hydroxylation sites is 1. The summed E-state index contributed by atoms with van der Waals surface area (Å²) >= 11 is -4.10. The van der Waals surface area contributed by atoms with E-state index in [1.807, 2.05) is 25.1 Å². The molecule has 0 spiro atoms. The van der Waals surface area contributed by atoms with E-state index in [0.717, 1.165) is 0 Å². The molecule has 0 saturated heterocycles. The van der Waals surface area contributed by atoms with Gasteiger partial charge in [-0.15, -0.1) is 0 Å². The Kier molecular flexibility index (Phi) is 8.24. The summed E-state index contributed by atoms with van der Waals surface area (Å²) in [7, 11) is 0. The van der Waals surface area contributed by atoms with E-state index < -0.39 is 18.1 Å². The number of hydrogen-bond acceptors (Lipinski definition) is 6. The van der Waals surface area contributed by atoms with Gasteiger partial charge in [0.25, 0.3) is 0 Å². The summed E-state index contributed by atoms with van der Waals surface area (Å²) < 4.78 is 21.7. The fourth-order valence-electron chi connectivity index (χ4n) is 1.20. The predicted octanol–water partition coefficient (Wildman–Crippen LogP) is 2.85. The molecule has 7 heteroatoms. The van der Waals surface area contributed by atoms with Gasteiger partial charge in [0.2, 0.25) is 0 Å². The summed E-state index contributed by atoms with van der Waals surface area (Å²) in [5, 5.41) is 0. The molecule has 0 atom stereocenters. The van der Waals surface area contributed by atoms with Crippen molar-refractivity contribution in [2.24, 2.45) is 0 Å². The van der Waals surface area contributed by atoms with Crippen LogP contribution in [0.3, 0.4) is 0 Å². The zero-order valence-electron chi connectivity index (χ0n) is 11.5. The van der Waals surface area contributed by atoms with Gasteiger partial charge >= 0.3 is 118 Å². The van der Waals surface area contributed by atoms with Crippen LogP contribution in [-0.2, 0) is 38.2 Å². The molecule has 108 valence electrons. The molecule has 0 amide bonds. The van der Waals surface area contributed by atoms with Crippen LogP contribution in [0, 0.1) is 0 Å². The first-order valence-corrected chi connectivity index (χ1v) is 8.80. The molecule has 0 aromatic heterocycles. The van der Waals surface area contributed by atoms with E-state index in [0.29, 0.717) is 25.6 Å². The Balaban J connectivity index is 2.79. The summed E-state index contributed by atoms with van der Waals surface area (Å²) in [6, 6.07) is 9.13. The standard InChI is InChI=1S/C6H6O.2C2H6O2.C2H5O.Ti/c7-6-4-2-1-3-5-6;2*1-2-4-3;1-2-3;/h1-5,7H;2*3H,2H2,1H3;2H2,1H3;/q;;;-1;+4/p-3. The van der Waals surface area contributed by atoms with Gasteiger partial charge in [0.1, 0.15) is 0 Å². The van der Waals surface area contributed by atoms with Gasteiger partial charge in [-0.3, -0.25) is 0 Å². The van der Waals surface area contributed by atoms with Crippen molar-refractivity contribution in [2.45, 2.75) is 20.8 Å². The van der Waals surface area contributed by atoms with Crippen LogP contribution in [0.4, 0.5) is 0 Å². The minimum atomic E-state index is -4.10. The summed E-state index contributed by atoms with van der Waals surface area (Å²) in [5.41, 5.74) is 0. The topological polar surface area (TPSA) is 55.4 Å². The zero-order valence-corrected chi connectivity index (χ0v) is 13.0. The van der Waals surface area contributed by atoms with E-state index in [4.69, 9.17) is 23.4 Å². The molecule has 0 aliphatic rings. The number of hydrogen-bond donors (Lipinski definition) is 0. The maximum absolute atomic E-state index is 5.72. The van der Waals surface area contributed by atoms with Crippen LogP contribution in [0.1, 0.15) is 20.8 Å². The molecule has 1 aromatic rings. The van der Waals surface area contributed by atoms with Crippen molar-refractivity contribution < 1.29 is 41.5 Å². The maximum atomic E-state index is 5.72. The van der Waals surface area contributed by atoms with Gasteiger partial charge in [-0.2, -0.15) is 0 Å². The van der Waals surface area contributed by atoms with Gasteiger partial charge < -0.3 is 0 Å². The van der Waals surface area contributed by atoms with E-state index in [-0.39, 0.29) is 0 Å². The normalized spacial score (nSPS) is 11.5. The predicted molar refractivity (Wildman–Crippen MR) is 64.1 cm³/mol. The second-order valence-electron chi connectivity index (χ2n) is 3.33. The quantitative estimate of drug-likeness (QED) is 0.376. The van der Waals surface area contributed by atoms with Crippen molar-refractivity contribution in [3.05, 3.63) is 30.3 Å². The Bertz CT molecular complexity index is 326. The molecule has 0 fully saturated rings. The molecule has 0 aliphatic heterocycles. The van der Waals surface area contributed by atoms with Crippen LogP contribution < -0.4 is 3.32 Å². The molecular weight excluding hydrogens is 288 g/mol. The second-order valence-corrected chi connectivity index (χ2v) is 6.18. The molecule has 0 heterocycles. The van der Waals surface area contributed by atoms with Crippen LogP contribution >= 0.6 is 0 Å². The molecule has 0 bridgehead atoms. The van der Waals surface area contributed by atoms with Crippen molar-refractivity contribution in [1.29, 1.82) is 0 Å². The SMILES string of the molecule is CCO[O][Ti]([O]CC)([O]OCC)[O]c1ccccc1. The van der Waals surface area contributed by atoms with Crippen LogP contribution in [0.25, 0.3) is 0 Å². The van der Waals surface area contributed by atoms with Gasteiger partial charge in [0.15, 0.2) is 0 Å². The van der Waals surface area contributed by atoms with Crippen molar-refractivity contribution in [1.82, 2.24) is 0 Å². The molecule has 0 saturated carbocycles. The Hall–Kier alpha value is -0.466. The molecule has 0 aliphatic carbocycles. The van der Waals surface area contributed by atoms with Crippen LogP contribution in [0.5, 0.6) is 5.75 Å². The molecule has 0 radical (unpaired) electrons. The average Bonchev–Trinajstić information content (AvgIpc) is 2.44. The van der Waals surface area contributed by atoms with E-state index in [9.17, 15) is 0 Å². The second kappa shape index (κ2) is 9.44. The van der Waals surface area contributed by atoms with Crippen LogP contribution in [0.2, 0.25) is 0 Å². The van der Waals surface area contributed by atoms with Crippen LogP contribution in [-0.4, -0.2) is 19.8 Å². The number of benzene rings is 1. The molecule has 1 aromatic carbocycles. The first-order valence-electron chi connectivity index (χ1n) is 6.25. The summed E-state index contributed by atoms with van der Waals surface area (Å²) in [4.78, 5) is 9.90.